The molecule has 0 spiro atoms. The maximum absolute atomic E-state index is 13.3. The molecule has 0 bridgehead atoms. The summed E-state index contributed by atoms with van der Waals surface area (Å²) in [6.45, 7) is 3.17. The lowest BCUT2D eigenvalue weighted by Crippen LogP contribution is -2.41. The number of hydrogen-bond donors (Lipinski definition) is 1. The molecule has 0 radical (unpaired) electrons. The quantitative estimate of drug-likeness (QED) is 0.561. The summed E-state index contributed by atoms with van der Waals surface area (Å²) in [5.41, 5.74) is 4.03. The van der Waals surface area contributed by atoms with Gasteiger partial charge in [-0.15, -0.1) is 0 Å². The molecule has 1 atom stereocenters. The first-order chi connectivity index (χ1) is 16.5. The second-order valence-corrected chi connectivity index (χ2v) is 8.84. The van der Waals surface area contributed by atoms with Crippen LogP contribution in [-0.4, -0.2) is 48.7 Å². The number of carbonyl (C=O) groups is 3. The van der Waals surface area contributed by atoms with Gasteiger partial charge in [0.1, 0.15) is 17.6 Å². The summed E-state index contributed by atoms with van der Waals surface area (Å²) in [4.78, 5) is 42.5. The number of nitrogens with one attached hydrogen (secondary N) is 1. The number of nitrogens with zero attached hydrogens (tertiary/aromatic N) is 2. The number of benzene rings is 2. The van der Waals surface area contributed by atoms with Crippen molar-refractivity contribution >= 4 is 29.4 Å². The topological polar surface area (TPSA) is 79.0 Å². The summed E-state index contributed by atoms with van der Waals surface area (Å²) in [6, 6.07) is 14.4. The van der Waals surface area contributed by atoms with E-state index in [2.05, 4.69) is 5.32 Å². The molecule has 1 saturated carbocycles. The van der Waals surface area contributed by atoms with Gasteiger partial charge in [-0.25, -0.2) is 4.90 Å². The van der Waals surface area contributed by atoms with E-state index in [9.17, 15) is 14.4 Å². The maximum atomic E-state index is 13.3. The lowest BCUT2D eigenvalue weighted by molar-refractivity contribution is -0.122. The summed E-state index contributed by atoms with van der Waals surface area (Å²) in [5.74, 6) is 1.00. The van der Waals surface area contributed by atoms with Gasteiger partial charge in [0.05, 0.1) is 19.2 Å². The number of amides is 2. The Kier molecular flexibility index (Phi) is 5.69. The standard InChI is InChI=1S/C27H27N3O4/c1-17-3-8-20(9-4-17)30-24(31)16-23(27(30)33)29-14-13-28-26(29)22-12-7-19(25(22)32)15-18-5-10-21(34-2)11-6-18/h3-6,8-11,15,23,28H,7,12-14,16H2,1-2H3/b19-15-,26-22+. The summed E-state index contributed by atoms with van der Waals surface area (Å²) in [5, 5.41) is 3.31. The number of ketones is 1. The molecule has 3 fully saturated rings. The van der Waals surface area contributed by atoms with Crippen molar-refractivity contribution < 1.29 is 19.1 Å². The van der Waals surface area contributed by atoms with Crippen molar-refractivity contribution in [1.82, 2.24) is 10.2 Å². The fraction of sp³-hybridized carbons (Fsp3) is 0.296. The first-order valence-corrected chi connectivity index (χ1v) is 11.5. The molecule has 1 N–H and O–H groups in total. The van der Waals surface area contributed by atoms with Gasteiger partial charge in [-0.2, -0.15) is 0 Å². The molecule has 2 amide bonds. The Morgan fingerprint density at radius 1 is 1.00 bits per heavy atom. The third-order valence-electron chi connectivity index (χ3n) is 6.68. The summed E-state index contributed by atoms with van der Waals surface area (Å²) in [7, 11) is 1.62. The van der Waals surface area contributed by atoms with Crippen LogP contribution in [0.3, 0.4) is 0 Å². The predicted octanol–water partition coefficient (Wildman–Crippen LogP) is 3.20. The van der Waals surface area contributed by atoms with Crippen LogP contribution in [0.1, 0.15) is 30.4 Å². The normalized spacial score (nSPS) is 23.9. The van der Waals surface area contributed by atoms with Crippen LogP contribution in [-0.2, 0) is 14.4 Å². The van der Waals surface area contributed by atoms with Gasteiger partial charge in [-0.1, -0.05) is 29.8 Å². The van der Waals surface area contributed by atoms with Crippen molar-refractivity contribution in [3.63, 3.8) is 0 Å². The largest absolute Gasteiger partial charge is 0.497 e. The van der Waals surface area contributed by atoms with Gasteiger partial charge >= 0.3 is 0 Å². The molecular weight excluding hydrogens is 430 g/mol. The maximum Gasteiger partial charge on any atom is 0.257 e. The molecule has 34 heavy (non-hydrogen) atoms. The molecule has 2 aromatic rings. The third kappa shape index (κ3) is 3.87. The van der Waals surface area contributed by atoms with Crippen molar-refractivity contribution in [2.24, 2.45) is 0 Å². The minimum absolute atomic E-state index is 0.00242. The molecule has 2 heterocycles. The summed E-state index contributed by atoms with van der Waals surface area (Å²) >= 11 is 0. The third-order valence-corrected chi connectivity index (χ3v) is 6.68. The van der Waals surface area contributed by atoms with Gasteiger partial charge < -0.3 is 15.0 Å². The Hall–Kier alpha value is -3.87. The number of allylic oxidation sites excluding steroid dienone is 2. The van der Waals surface area contributed by atoms with Gasteiger partial charge in [-0.3, -0.25) is 14.4 Å². The molecule has 3 aliphatic rings. The monoisotopic (exact) mass is 457 g/mol. The lowest BCUT2D eigenvalue weighted by Gasteiger charge is -2.26. The van der Waals surface area contributed by atoms with E-state index in [0.29, 0.717) is 43.0 Å². The molecule has 1 unspecified atom stereocenters. The number of ether oxygens (including phenoxy) is 1. The van der Waals surface area contributed by atoms with Crippen LogP contribution < -0.4 is 15.0 Å². The van der Waals surface area contributed by atoms with Crippen LogP contribution in [0.5, 0.6) is 5.75 Å². The first-order valence-electron chi connectivity index (χ1n) is 11.5. The second kappa shape index (κ2) is 8.82. The van der Waals surface area contributed by atoms with Crippen LogP contribution in [0.4, 0.5) is 5.69 Å². The number of methoxy groups -OCH3 is 1. The molecule has 2 aliphatic heterocycles. The van der Waals surface area contributed by atoms with E-state index in [-0.39, 0.29) is 24.0 Å². The zero-order valence-electron chi connectivity index (χ0n) is 19.3. The average molecular weight is 458 g/mol. The van der Waals surface area contributed by atoms with E-state index in [4.69, 9.17) is 4.74 Å². The number of imide groups is 1. The number of hydrogen-bond acceptors (Lipinski definition) is 6. The Labute approximate surface area is 198 Å². The van der Waals surface area contributed by atoms with E-state index >= 15 is 0 Å². The van der Waals surface area contributed by atoms with Gasteiger partial charge in [0.15, 0.2) is 5.78 Å². The fourth-order valence-corrected chi connectivity index (χ4v) is 4.87. The number of aryl methyl sites for hydroxylation is 1. The van der Waals surface area contributed by atoms with Crippen LogP contribution in [0.15, 0.2) is 65.5 Å². The Morgan fingerprint density at radius 2 is 1.74 bits per heavy atom. The Bertz CT molecular complexity index is 1210. The van der Waals surface area contributed by atoms with E-state index < -0.39 is 6.04 Å². The SMILES string of the molecule is COc1ccc(/C=C2/CC/C(=C3/NCCN3C3CC(=O)N(c4ccc(C)cc4)C3=O)C2=O)cc1. The molecule has 2 aromatic carbocycles. The molecule has 7 heteroatoms. The zero-order valence-corrected chi connectivity index (χ0v) is 19.3. The van der Waals surface area contributed by atoms with Crippen molar-refractivity contribution in [1.29, 1.82) is 0 Å². The minimum Gasteiger partial charge on any atom is -0.497 e. The summed E-state index contributed by atoms with van der Waals surface area (Å²) < 4.78 is 5.20. The number of anilines is 1. The molecular formula is C27H27N3O4. The van der Waals surface area contributed by atoms with E-state index in [1.54, 1.807) is 19.2 Å². The summed E-state index contributed by atoms with van der Waals surface area (Å²) in [6.07, 6.45) is 3.27. The van der Waals surface area contributed by atoms with Crippen LogP contribution in [0.25, 0.3) is 6.08 Å². The van der Waals surface area contributed by atoms with Gasteiger partial charge in [0, 0.05) is 24.2 Å². The number of carbonyl (C=O) groups excluding carboxylic acids is 3. The lowest BCUT2D eigenvalue weighted by atomic mass is 10.1. The fourth-order valence-electron chi connectivity index (χ4n) is 4.87. The van der Waals surface area contributed by atoms with Crippen molar-refractivity contribution in [2.45, 2.75) is 32.2 Å². The van der Waals surface area contributed by atoms with Crippen molar-refractivity contribution in [3.8, 4) is 5.75 Å². The number of Topliss-reactive ketones (excluding diaryl/α,β-unsaturated/α-hetero) is 1. The average Bonchev–Trinajstić information content (AvgIpc) is 3.53. The molecule has 174 valence electrons. The zero-order chi connectivity index (χ0) is 23.8. The highest BCUT2D eigenvalue weighted by molar-refractivity contribution is 6.22. The van der Waals surface area contributed by atoms with Crippen LogP contribution in [0, 0.1) is 6.92 Å². The van der Waals surface area contributed by atoms with Gasteiger partial charge in [0.2, 0.25) is 5.91 Å². The van der Waals surface area contributed by atoms with Crippen LogP contribution in [0.2, 0.25) is 0 Å². The van der Waals surface area contributed by atoms with Crippen LogP contribution >= 0.6 is 0 Å². The van der Waals surface area contributed by atoms with E-state index in [0.717, 1.165) is 22.4 Å². The molecule has 2 saturated heterocycles. The highest BCUT2D eigenvalue weighted by Crippen LogP contribution is 2.34. The Balaban J connectivity index is 1.39. The van der Waals surface area contributed by atoms with E-state index in [1.165, 1.54) is 4.90 Å². The smallest absolute Gasteiger partial charge is 0.257 e. The highest BCUT2D eigenvalue weighted by Gasteiger charge is 2.45. The Morgan fingerprint density at radius 3 is 2.44 bits per heavy atom. The predicted molar refractivity (Wildman–Crippen MR) is 129 cm³/mol. The molecule has 7 nitrogen and oxygen atoms in total. The minimum atomic E-state index is -0.603. The molecule has 0 aromatic heterocycles. The van der Waals surface area contributed by atoms with Crippen molar-refractivity contribution in [2.75, 3.05) is 25.1 Å². The van der Waals surface area contributed by atoms with Crippen molar-refractivity contribution in [3.05, 3.63) is 76.6 Å². The first kappa shape index (κ1) is 21.9. The van der Waals surface area contributed by atoms with Gasteiger partial charge in [-0.05, 0) is 55.7 Å². The number of rotatable bonds is 4. The highest BCUT2D eigenvalue weighted by atomic mass is 16.5. The second-order valence-electron chi connectivity index (χ2n) is 8.84. The van der Waals surface area contributed by atoms with Gasteiger partial charge in [0.25, 0.3) is 5.91 Å². The molecule has 1 aliphatic carbocycles. The molecule has 5 rings (SSSR count). The van der Waals surface area contributed by atoms with E-state index in [1.807, 2.05) is 54.3 Å².